The Bertz CT molecular complexity index is 903. The van der Waals surface area contributed by atoms with Gasteiger partial charge in [-0.05, 0) is 40.5 Å². The second-order valence-corrected chi connectivity index (χ2v) is 5.92. The van der Waals surface area contributed by atoms with E-state index in [0.29, 0.717) is 19.4 Å². The van der Waals surface area contributed by atoms with Crippen molar-refractivity contribution in [3.63, 3.8) is 0 Å². The van der Waals surface area contributed by atoms with Crippen LogP contribution in [0.5, 0.6) is 0 Å². The molecule has 0 aliphatic carbocycles. The third kappa shape index (κ3) is 4.23. The van der Waals surface area contributed by atoms with Crippen molar-refractivity contribution in [3.8, 4) is 0 Å². The van der Waals surface area contributed by atoms with Gasteiger partial charge in [0, 0.05) is 6.54 Å². The molecule has 126 valence electrons. The molecule has 3 rings (SSSR count). The van der Waals surface area contributed by atoms with Crippen LogP contribution in [0.1, 0.15) is 21.5 Å². The van der Waals surface area contributed by atoms with Gasteiger partial charge >= 0.3 is 5.97 Å². The number of hydrogen-bond acceptors (Lipinski definition) is 2. The predicted molar refractivity (Wildman–Crippen MR) is 97.8 cm³/mol. The zero-order valence-electron chi connectivity index (χ0n) is 13.7. The van der Waals surface area contributed by atoms with Gasteiger partial charge in [0.15, 0.2) is 0 Å². The number of nitrogens with one attached hydrogen (secondary N) is 1. The van der Waals surface area contributed by atoms with Crippen molar-refractivity contribution < 1.29 is 14.7 Å². The molecule has 4 heteroatoms. The molecule has 0 radical (unpaired) electrons. The van der Waals surface area contributed by atoms with Gasteiger partial charge in [-0.3, -0.25) is 4.79 Å². The number of rotatable bonds is 6. The Labute approximate surface area is 146 Å². The van der Waals surface area contributed by atoms with Gasteiger partial charge in [-0.15, -0.1) is 0 Å². The van der Waals surface area contributed by atoms with E-state index in [-0.39, 0.29) is 11.5 Å². The first-order chi connectivity index (χ1) is 12.1. The van der Waals surface area contributed by atoms with E-state index in [4.69, 9.17) is 5.11 Å². The van der Waals surface area contributed by atoms with Crippen LogP contribution in [-0.2, 0) is 17.6 Å². The Balaban J connectivity index is 1.65. The van der Waals surface area contributed by atoms with E-state index in [2.05, 4.69) is 5.32 Å². The molecule has 1 amide bonds. The normalized spacial score (nSPS) is 10.6. The fourth-order valence-corrected chi connectivity index (χ4v) is 2.87. The standard InChI is InChI=1S/C21H19NO3/c23-20(13-15-5-2-1-3-6-15)22-12-11-17-8-4-7-16-9-10-18(21(24)25)14-19(16)17/h1-10,14H,11-13H2,(H,22,23)(H,24,25). The minimum absolute atomic E-state index is 0.0161. The van der Waals surface area contributed by atoms with E-state index in [1.54, 1.807) is 12.1 Å². The molecule has 0 aromatic heterocycles. The molecule has 0 aliphatic rings. The summed E-state index contributed by atoms with van der Waals surface area (Å²) in [6.07, 6.45) is 1.01. The van der Waals surface area contributed by atoms with Gasteiger partial charge in [-0.2, -0.15) is 0 Å². The lowest BCUT2D eigenvalue weighted by Gasteiger charge is -2.09. The summed E-state index contributed by atoms with van der Waals surface area (Å²) in [4.78, 5) is 23.2. The van der Waals surface area contributed by atoms with Gasteiger partial charge in [-0.1, -0.05) is 54.6 Å². The lowest BCUT2D eigenvalue weighted by Crippen LogP contribution is -2.27. The smallest absolute Gasteiger partial charge is 0.335 e. The molecular weight excluding hydrogens is 314 g/mol. The van der Waals surface area contributed by atoms with Gasteiger partial charge in [0.05, 0.1) is 12.0 Å². The van der Waals surface area contributed by atoms with E-state index >= 15 is 0 Å². The zero-order valence-corrected chi connectivity index (χ0v) is 13.7. The Morgan fingerprint density at radius 3 is 2.48 bits per heavy atom. The molecule has 0 bridgehead atoms. The average molecular weight is 333 g/mol. The summed E-state index contributed by atoms with van der Waals surface area (Å²) in [5, 5.41) is 14.0. The molecule has 0 heterocycles. The van der Waals surface area contributed by atoms with Crippen molar-refractivity contribution in [2.45, 2.75) is 12.8 Å². The maximum atomic E-state index is 12.0. The highest BCUT2D eigenvalue weighted by molar-refractivity contribution is 5.95. The predicted octanol–water partition coefficient (Wildman–Crippen LogP) is 3.44. The number of aromatic carboxylic acids is 1. The molecule has 3 aromatic rings. The highest BCUT2D eigenvalue weighted by atomic mass is 16.4. The summed E-state index contributed by atoms with van der Waals surface area (Å²) in [6, 6.07) is 20.6. The summed E-state index contributed by atoms with van der Waals surface area (Å²) in [6.45, 7) is 0.516. The van der Waals surface area contributed by atoms with Crippen LogP contribution in [0.25, 0.3) is 10.8 Å². The van der Waals surface area contributed by atoms with E-state index < -0.39 is 5.97 Å². The van der Waals surface area contributed by atoms with E-state index in [1.807, 2.05) is 54.6 Å². The van der Waals surface area contributed by atoms with Crippen molar-refractivity contribution in [1.82, 2.24) is 5.32 Å². The summed E-state index contributed by atoms with van der Waals surface area (Å²) in [7, 11) is 0. The molecule has 3 aromatic carbocycles. The van der Waals surface area contributed by atoms with Crippen molar-refractivity contribution in [3.05, 3.63) is 83.4 Å². The Hall–Kier alpha value is -3.14. The Morgan fingerprint density at radius 1 is 0.920 bits per heavy atom. The first-order valence-corrected chi connectivity index (χ1v) is 8.19. The topological polar surface area (TPSA) is 66.4 Å². The van der Waals surface area contributed by atoms with E-state index in [9.17, 15) is 9.59 Å². The SMILES string of the molecule is O=C(Cc1ccccc1)NCCc1cccc2ccc(C(=O)O)cc12. The van der Waals surface area contributed by atoms with Crippen molar-refractivity contribution in [1.29, 1.82) is 0 Å². The lowest BCUT2D eigenvalue weighted by molar-refractivity contribution is -0.120. The number of amides is 1. The van der Waals surface area contributed by atoms with Crippen LogP contribution in [-0.4, -0.2) is 23.5 Å². The number of carboxylic acid groups (broad SMARTS) is 1. The van der Waals surface area contributed by atoms with Crippen LogP contribution < -0.4 is 5.32 Å². The number of carbonyl (C=O) groups excluding carboxylic acids is 1. The molecular formula is C21H19NO3. The summed E-state index contributed by atoms with van der Waals surface area (Å²) in [5.41, 5.74) is 2.28. The molecule has 4 nitrogen and oxygen atoms in total. The second kappa shape index (κ2) is 7.62. The van der Waals surface area contributed by atoms with E-state index in [1.165, 1.54) is 0 Å². The van der Waals surface area contributed by atoms with Crippen LogP contribution in [0.3, 0.4) is 0 Å². The van der Waals surface area contributed by atoms with Crippen LogP contribution in [0.4, 0.5) is 0 Å². The molecule has 0 spiro atoms. The summed E-state index contributed by atoms with van der Waals surface area (Å²) >= 11 is 0. The third-order valence-electron chi connectivity index (χ3n) is 4.14. The van der Waals surface area contributed by atoms with Gasteiger partial charge in [-0.25, -0.2) is 4.79 Å². The largest absolute Gasteiger partial charge is 0.478 e. The first-order valence-electron chi connectivity index (χ1n) is 8.19. The zero-order chi connectivity index (χ0) is 17.6. The van der Waals surface area contributed by atoms with Gasteiger partial charge in [0.25, 0.3) is 0 Å². The fourth-order valence-electron chi connectivity index (χ4n) is 2.87. The minimum Gasteiger partial charge on any atom is -0.478 e. The molecule has 0 unspecified atom stereocenters. The van der Waals surface area contributed by atoms with Crippen LogP contribution in [0.15, 0.2) is 66.7 Å². The molecule has 0 fully saturated rings. The van der Waals surface area contributed by atoms with Crippen molar-refractivity contribution in [2.24, 2.45) is 0 Å². The quantitative estimate of drug-likeness (QED) is 0.726. The van der Waals surface area contributed by atoms with Crippen LogP contribution in [0, 0.1) is 0 Å². The number of fused-ring (bicyclic) bond motifs is 1. The number of carboxylic acids is 1. The van der Waals surface area contributed by atoms with Crippen LogP contribution in [0.2, 0.25) is 0 Å². The minimum atomic E-state index is -0.937. The first kappa shape index (κ1) is 16.7. The van der Waals surface area contributed by atoms with Gasteiger partial charge < -0.3 is 10.4 Å². The number of hydrogen-bond donors (Lipinski definition) is 2. The maximum absolute atomic E-state index is 12.0. The molecule has 0 saturated heterocycles. The summed E-state index contributed by atoms with van der Waals surface area (Å²) < 4.78 is 0. The molecule has 2 N–H and O–H groups in total. The molecule has 0 aliphatic heterocycles. The second-order valence-electron chi connectivity index (χ2n) is 5.92. The number of carbonyl (C=O) groups is 2. The van der Waals surface area contributed by atoms with E-state index in [0.717, 1.165) is 21.9 Å². The highest BCUT2D eigenvalue weighted by Gasteiger charge is 2.08. The highest BCUT2D eigenvalue weighted by Crippen LogP contribution is 2.21. The van der Waals surface area contributed by atoms with Crippen molar-refractivity contribution in [2.75, 3.05) is 6.54 Å². The Kier molecular flexibility index (Phi) is 5.09. The average Bonchev–Trinajstić information content (AvgIpc) is 2.62. The van der Waals surface area contributed by atoms with Gasteiger partial charge in [0.1, 0.15) is 0 Å². The van der Waals surface area contributed by atoms with Crippen molar-refractivity contribution >= 4 is 22.6 Å². The van der Waals surface area contributed by atoms with Crippen LogP contribution >= 0.6 is 0 Å². The third-order valence-corrected chi connectivity index (χ3v) is 4.14. The lowest BCUT2D eigenvalue weighted by atomic mass is 10.00. The maximum Gasteiger partial charge on any atom is 0.335 e. The molecule has 0 atom stereocenters. The van der Waals surface area contributed by atoms with Gasteiger partial charge in [0.2, 0.25) is 5.91 Å². The molecule has 0 saturated carbocycles. The fraction of sp³-hybridized carbons (Fsp3) is 0.143. The molecule has 25 heavy (non-hydrogen) atoms. The summed E-state index contributed by atoms with van der Waals surface area (Å²) in [5.74, 6) is -0.953. The number of benzene rings is 3. The Morgan fingerprint density at radius 2 is 1.72 bits per heavy atom. The monoisotopic (exact) mass is 333 g/mol.